The number of halogens is 2. The summed E-state index contributed by atoms with van der Waals surface area (Å²) in [5.41, 5.74) is 1.37. The Bertz CT molecular complexity index is 711. The number of carboxylic acid groups (broad SMARTS) is 1. The number of hydrogen-bond acceptors (Lipinski definition) is 2. The first-order chi connectivity index (χ1) is 9.95. The van der Waals surface area contributed by atoms with Gasteiger partial charge in [0.15, 0.2) is 0 Å². The molecule has 21 heavy (non-hydrogen) atoms. The van der Waals surface area contributed by atoms with Crippen LogP contribution in [0.1, 0.15) is 11.1 Å². The Hall–Kier alpha value is -2.14. The standard InChI is InChI=1S/C16H12BrFO3/c1-10-2-6-13(18)9-14(10)21-15-8-12(17)5-3-11(15)4-7-16(19)20/h2-9H,1H3,(H,19,20)/b7-4+. The molecule has 0 bridgehead atoms. The van der Waals surface area contributed by atoms with Crippen molar-refractivity contribution in [2.24, 2.45) is 0 Å². The number of aliphatic carboxylic acids is 1. The molecule has 5 heteroatoms. The first-order valence-electron chi connectivity index (χ1n) is 6.10. The second-order valence-corrected chi connectivity index (χ2v) is 5.28. The van der Waals surface area contributed by atoms with E-state index in [4.69, 9.17) is 9.84 Å². The monoisotopic (exact) mass is 350 g/mol. The van der Waals surface area contributed by atoms with Crippen molar-refractivity contribution in [2.45, 2.75) is 6.92 Å². The predicted molar refractivity (Wildman–Crippen MR) is 82.0 cm³/mol. The van der Waals surface area contributed by atoms with Gasteiger partial charge in [0, 0.05) is 22.2 Å². The minimum atomic E-state index is -1.05. The highest BCUT2D eigenvalue weighted by atomic mass is 79.9. The predicted octanol–water partition coefficient (Wildman–Crippen LogP) is 4.79. The molecule has 0 aromatic heterocycles. The van der Waals surface area contributed by atoms with Gasteiger partial charge in [-0.2, -0.15) is 0 Å². The Morgan fingerprint density at radius 1 is 1.24 bits per heavy atom. The Morgan fingerprint density at radius 2 is 2.00 bits per heavy atom. The molecule has 0 fully saturated rings. The highest BCUT2D eigenvalue weighted by Crippen LogP contribution is 2.31. The van der Waals surface area contributed by atoms with E-state index in [-0.39, 0.29) is 0 Å². The third-order valence-electron chi connectivity index (χ3n) is 2.75. The van der Waals surface area contributed by atoms with Gasteiger partial charge < -0.3 is 9.84 Å². The quantitative estimate of drug-likeness (QED) is 0.806. The summed E-state index contributed by atoms with van der Waals surface area (Å²) in [6.45, 7) is 1.81. The summed E-state index contributed by atoms with van der Waals surface area (Å²) in [5.74, 6) is -0.618. The van der Waals surface area contributed by atoms with Gasteiger partial charge in [0.1, 0.15) is 17.3 Å². The summed E-state index contributed by atoms with van der Waals surface area (Å²) in [7, 11) is 0. The summed E-state index contributed by atoms with van der Waals surface area (Å²) in [6, 6.07) is 9.46. The van der Waals surface area contributed by atoms with Gasteiger partial charge in [-0.15, -0.1) is 0 Å². The van der Waals surface area contributed by atoms with Gasteiger partial charge in [-0.05, 0) is 36.8 Å². The van der Waals surface area contributed by atoms with Crippen molar-refractivity contribution in [3.8, 4) is 11.5 Å². The van der Waals surface area contributed by atoms with Gasteiger partial charge in [-0.25, -0.2) is 9.18 Å². The average Bonchev–Trinajstić information content (AvgIpc) is 2.42. The van der Waals surface area contributed by atoms with E-state index in [9.17, 15) is 9.18 Å². The molecule has 0 unspecified atom stereocenters. The van der Waals surface area contributed by atoms with Gasteiger partial charge >= 0.3 is 5.97 Å². The Balaban J connectivity index is 2.40. The summed E-state index contributed by atoms with van der Waals surface area (Å²) >= 11 is 3.33. The number of benzene rings is 2. The molecule has 2 aromatic rings. The zero-order valence-electron chi connectivity index (χ0n) is 11.1. The Kier molecular flexibility index (Phi) is 4.75. The van der Waals surface area contributed by atoms with Crippen molar-refractivity contribution in [2.75, 3.05) is 0 Å². The van der Waals surface area contributed by atoms with E-state index in [1.54, 1.807) is 31.2 Å². The van der Waals surface area contributed by atoms with Crippen LogP contribution in [0.25, 0.3) is 6.08 Å². The zero-order chi connectivity index (χ0) is 15.4. The molecule has 0 spiro atoms. The molecule has 0 aliphatic rings. The van der Waals surface area contributed by atoms with Crippen molar-refractivity contribution < 1.29 is 19.0 Å². The summed E-state index contributed by atoms with van der Waals surface area (Å²) in [5, 5.41) is 8.70. The minimum absolute atomic E-state index is 0.387. The average molecular weight is 351 g/mol. The fourth-order valence-corrected chi connectivity index (χ4v) is 2.04. The molecular formula is C16H12BrFO3. The SMILES string of the molecule is Cc1ccc(F)cc1Oc1cc(Br)ccc1/C=C/C(=O)O. The van der Waals surface area contributed by atoms with E-state index in [0.717, 1.165) is 16.1 Å². The molecule has 2 aromatic carbocycles. The second-order valence-electron chi connectivity index (χ2n) is 4.37. The maximum absolute atomic E-state index is 13.3. The van der Waals surface area contributed by atoms with Gasteiger partial charge in [-0.1, -0.05) is 28.1 Å². The fourth-order valence-electron chi connectivity index (χ4n) is 1.70. The topological polar surface area (TPSA) is 46.5 Å². The molecule has 0 saturated heterocycles. The van der Waals surface area contributed by atoms with Crippen molar-refractivity contribution >= 4 is 28.0 Å². The van der Waals surface area contributed by atoms with Crippen molar-refractivity contribution in [1.29, 1.82) is 0 Å². The number of carboxylic acids is 1. The van der Waals surface area contributed by atoms with Crippen LogP contribution in [0.5, 0.6) is 11.5 Å². The van der Waals surface area contributed by atoms with Crippen LogP contribution in [0, 0.1) is 12.7 Å². The van der Waals surface area contributed by atoms with E-state index >= 15 is 0 Å². The third kappa shape index (κ3) is 4.16. The van der Waals surface area contributed by atoms with Gasteiger partial charge in [0.25, 0.3) is 0 Å². The van der Waals surface area contributed by atoms with Crippen molar-refractivity contribution in [3.63, 3.8) is 0 Å². The van der Waals surface area contributed by atoms with E-state index in [1.165, 1.54) is 18.2 Å². The molecular weight excluding hydrogens is 339 g/mol. The first-order valence-corrected chi connectivity index (χ1v) is 6.89. The lowest BCUT2D eigenvalue weighted by molar-refractivity contribution is -0.131. The zero-order valence-corrected chi connectivity index (χ0v) is 12.7. The number of ether oxygens (including phenoxy) is 1. The van der Waals surface area contributed by atoms with E-state index in [2.05, 4.69) is 15.9 Å². The lowest BCUT2D eigenvalue weighted by Crippen LogP contribution is -1.92. The first kappa shape index (κ1) is 15.3. The van der Waals surface area contributed by atoms with Crippen LogP contribution in [-0.2, 0) is 4.79 Å². The lowest BCUT2D eigenvalue weighted by atomic mass is 10.1. The van der Waals surface area contributed by atoms with Crippen LogP contribution in [0.4, 0.5) is 4.39 Å². The van der Waals surface area contributed by atoms with E-state index < -0.39 is 11.8 Å². The molecule has 0 radical (unpaired) electrons. The molecule has 0 aliphatic carbocycles. The summed E-state index contributed by atoms with van der Waals surface area (Å²) in [4.78, 5) is 10.6. The number of aryl methyl sites for hydroxylation is 1. The molecule has 0 saturated carbocycles. The molecule has 2 rings (SSSR count). The van der Waals surface area contributed by atoms with Crippen LogP contribution in [0.3, 0.4) is 0 Å². The number of carbonyl (C=O) groups is 1. The van der Waals surface area contributed by atoms with Crippen LogP contribution in [-0.4, -0.2) is 11.1 Å². The molecule has 0 amide bonds. The van der Waals surface area contributed by atoms with Crippen LogP contribution in [0.15, 0.2) is 46.9 Å². The van der Waals surface area contributed by atoms with Crippen LogP contribution in [0.2, 0.25) is 0 Å². The molecule has 0 aliphatic heterocycles. The Labute approximate surface area is 129 Å². The molecule has 108 valence electrons. The number of rotatable bonds is 4. The maximum atomic E-state index is 13.3. The van der Waals surface area contributed by atoms with Crippen molar-refractivity contribution in [1.82, 2.24) is 0 Å². The number of hydrogen-bond donors (Lipinski definition) is 1. The molecule has 0 heterocycles. The van der Waals surface area contributed by atoms with E-state index in [1.807, 2.05) is 0 Å². The molecule has 3 nitrogen and oxygen atoms in total. The van der Waals surface area contributed by atoms with Crippen LogP contribution < -0.4 is 4.74 Å². The highest BCUT2D eigenvalue weighted by Gasteiger charge is 2.08. The van der Waals surface area contributed by atoms with Gasteiger partial charge in [0.05, 0.1) is 0 Å². The van der Waals surface area contributed by atoms with Gasteiger partial charge in [0.2, 0.25) is 0 Å². The minimum Gasteiger partial charge on any atom is -0.478 e. The summed E-state index contributed by atoms with van der Waals surface area (Å²) < 4.78 is 19.8. The van der Waals surface area contributed by atoms with Crippen LogP contribution >= 0.6 is 15.9 Å². The van der Waals surface area contributed by atoms with E-state index in [0.29, 0.717) is 17.1 Å². The smallest absolute Gasteiger partial charge is 0.328 e. The normalized spacial score (nSPS) is 10.8. The van der Waals surface area contributed by atoms with Gasteiger partial charge in [-0.3, -0.25) is 0 Å². The molecule has 0 atom stereocenters. The lowest BCUT2D eigenvalue weighted by Gasteiger charge is -2.11. The largest absolute Gasteiger partial charge is 0.478 e. The Morgan fingerprint density at radius 3 is 2.71 bits per heavy atom. The highest BCUT2D eigenvalue weighted by molar-refractivity contribution is 9.10. The maximum Gasteiger partial charge on any atom is 0.328 e. The fraction of sp³-hybridized carbons (Fsp3) is 0.0625. The van der Waals surface area contributed by atoms with Crippen molar-refractivity contribution in [3.05, 3.63) is 63.9 Å². The molecule has 1 N–H and O–H groups in total. The third-order valence-corrected chi connectivity index (χ3v) is 3.24. The summed E-state index contributed by atoms with van der Waals surface area (Å²) in [6.07, 6.45) is 2.45. The second kappa shape index (κ2) is 6.54.